The fraction of sp³-hybridized carbons (Fsp3) is 0.316. The number of nitrogens with one attached hydrogen (secondary N) is 1. The van der Waals surface area contributed by atoms with Crippen LogP contribution in [0.3, 0.4) is 0 Å². The molecule has 0 amide bonds. The van der Waals surface area contributed by atoms with Gasteiger partial charge in [-0.05, 0) is 50.2 Å². The second-order valence-electron chi connectivity index (χ2n) is 6.44. The van der Waals surface area contributed by atoms with Crippen molar-refractivity contribution in [3.8, 4) is 11.6 Å². The third-order valence-corrected chi connectivity index (χ3v) is 4.62. The molecule has 0 unspecified atom stereocenters. The van der Waals surface area contributed by atoms with Crippen LogP contribution in [0.1, 0.15) is 18.4 Å². The summed E-state index contributed by atoms with van der Waals surface area (Å²) < 4.78 is 62.0. The fourth-order valence-electron chi connectivity index (χ4n) is 3.32. The average Bonchev–Trinajstić information content (AvgIpc) is 3.00. The van der Waals surface area contributed by atoms with Gasteiger partial charge in [0.2, 0.25) is 5.88 Å². The first-order valence-electron chi connectivity index (χ1n) is 8.66. The number of piperidine rings is 1. The standard InChI is InChI=1S/C19H17F4N3O/c20-15-6-1-2-7-16(15)26-17-13(4-3-5-14(17)19(21,22)23)18(25-26)27-12-8-10-24-11-9-12/h1-7,12,24H,8-11H2. The maximum atomic E-state index is 14.3. The van der Waals surface area contributed by atoms with E-state index in [-0.39, 0.29) is 28.6 Å². The molecule has 8 heteroatoms. The number of para-hydroxylation sites is 2. The molecule has 1 aromatic heterocycles. The molecule has 0 spiro atoms. The van der Waals surface area contributed by atoms with Crippen molar-refractivity contribution in [2.75, 3.05) is 13.1 Å². The SMILES string of the molecule is Fc1ccccc1-n1nc(OC2CCNCC2)c2cccc(C(F)(F)F)c21. The van der Waals surface area contributed by atoms with E-state index in [2.05, 4.69) is 10.4 Å². The number of alkyl halides is 3. The van der Waals surface area contributed by atoms with Gasteiger partial charge in [0.25, 0.3) is 0 Å². The third-order valence-electron chi connectivity index (χ3n) is 4.62. The molecular weight excluding hydrogens is 362 g/mol. The lowest BCUT2D eigenvalue weighted by atomic mass is 10.1. The maximum Gasteiger partial charge on any atom is 0.418 e. The Morgan fingerprint density at radius 1 is 1.04 bits per heavy atom. The topological polar surface area (TPSA) is 39.1 Å². The number of benzene rings is 2. The molecule has 1 aliphatic rings. The Hall–Kier alpha value is -2.61. The molecular formula is C19H17F4N3O. The highest BCUT2D eigenvalue weighted by molar-refractivity contribution is 5.89. The van der Waals surface area contributed by atoms with Crippen LogP contribution in [-0.4, -0.2) is 29.0 Å². The van der Waals surface area contributed by atoms with Gasteiger partial charge in [0, 0.05) is 0 Å². The molecule has 0 radical (unpaired) electrons. The molecule has 1 aliphatic heterocycles. The minimum atomic E-state index is -4.60. The van der Waals surface area contributed by atoms with Crippen LogP contribution < -0.4 is 10.1 Å². The zero-order valence-electron chi connectivity index (χ0n) is 14.3. The van der Waals surface area contributed by atoms with Gasteiger partial charge in [0.05, 0.1) is 16.5 Å². The van der Waals surface area contributed by atoms with Crippen LogP contribution in [0, 0.1) is 5.82 Å². The molecule has 4 nitrogen and oxygen atoms in total. The van der Waals surface area contributed by atoms with Gasteiger partial charge in [-0.25, -0.2) is 9.07 Å². The quantitative estimate of drug-likeness (QED) is 0.689. The van der Waals surface area contributed by atoms with Gasteiger partial charge >= 0.3 is 6.18 Å². The van der Waals surface area contributed by atoms with Crippen molar-refractivity contribution in [1.82, 2.24) is 15.1 Å². The van der Waals surface area contributed by atoms with Gasteiger partial charge in [0.1, 0.15) is 17.6 Å². The summed E-state index contributed by atoms with van der Waals surface area (Å²) in [7, 11) is 0. The van der Waals surface area contributed by atoms with Crippen molar-refractivity contribution in [3.05, 3.63) is 53.8 Å². The Labute approximate surface area is 152 Å². The summed E-state index contributed by atoms with van der Waals surface area (Å²) in [5.41, 5.74) is -1.14. The lowest BCUT2D eigenvalue weighted by molar-refractivity contribution is -0.136. The Kier molecular flexibility index (Phi) is 4.51. The Bertz CT molecular complexity index is 961. The molecule has 3 aromatic rings. The van der Waals surface area contributed by atoms with Crippen LogP contribution >= 0.6 is 0 Å². The predicted molar refractivity (Wildman–Crippen MR) is 92.5 cm³/mol. The largest absolute Gasteiger partial charge is 0.473 e. The molecule has 0 aliphatic carbocycles. The minimum absolute atomic E-state index is 0.0561. The number of hydrogen-bond donors (Lipinski definition) is 1. The van der Waals surface area contributed by atoms with Crippen LogP contribution in [0.5, 0.6) is 5.88 Å². The summed E-state index contributed by atoms with van der Waals surface area (Å²) in [5.74, 6) is -0.571. The molecule has 0 saturated carbocycles. The normalized spacial score (nSPS) is 16.0. The molecule has 1 saturated heterocycles. The highest BCUT2D eigenvalue weighted by Crippen LogP contribution is 2.39. The molecule has 0 atom stereocenters. The van der Waals surface area contributed by atoms with E-state index in [4.69, 9.17) is 4.74 Å². The molecule has 4 rings (SSSR count). The highest BCUT2D eigenvalue weighted by atomic mass is 19.4. The van der Waals surface area contributed by atoms with E-state index in [1.165, 1.54) is 30.3 Å². The monoisotopic (exact) mass is 379 g/mol. The molecule has 1 fully saturated rings. The Morgan fingerprint density at radius 2 is 1.78 bits per heavy atom. The van der Waals surface area contributed by atoms with Crippen LogP contribution in [0.15, 0.2) is 42.5 Å². The first kappa shape index (κ1) is 17.8. The smallest absolute Gasteiger partial charge is 0.418 e. The molecule has 2 heterocycles. The van der Waals surface area contributed by atoms with Crippen molar-refractivity contribution in [3.63, 3.8) is 0 Å². The number of fused-ring (bicyclic) bond motifs is 1. The number of halogens is 4. The van der Waals surface area contributed by atoms with E-state index in [0.29, 0.717) is 0 Å². The highest BCUT2D eigenvalue weighted by Gasteiger charge is 2.35. The second kappa shape index (κ2) is 6.84. The summed E-state index contributed by atoms with van der Waals surface area (Å²) in [5, 5.41) is 7.64. The second-order valence-corrected chi connectivity index (χ2v) is 6.44. The molecule has 142 valence electrons. The maximum absolute atomic E-state index is 14.3. The Morgan fingerprint density at radius 3 is 2.48 bits per heavy atom. The first-order chi connectivity index (χ1) is 12.9. The third kappa shape index (κ3) is 3.37. The van der Waals surface area contributed by atoms with Crippen molar-refractivity contribution in [2.24, 2.45) is 0 Å². The number of rotatable bonds is 3. The van der Waals surface area contributed by atoms with E-state index in [1.54, 1.807) is 6.07 Å². The summed E-state index contributed by atoms with van der Waals surface area (Å²) in [6.45, 7) is 1.54. The van der Waals surface area contributed by atoms with E-state index in [9.17, 15) is 17.6 Å². The van der Waals surface area contributed by atoms with Crippen molar-refractivity contribution < 1.29 is 22.3 Å². The van der Waals surface area contributed by atoms with E-state index in [0.717, 1.165) is 36.7 Å². The van der Waals surface area contributed by atoms with Gasteiger partial charge in [-0.3, -0.25) is 0 Å². The number of aromatic nitrogens is 2. The van der Waals surface area contributed by atoms with Crippen LogP contribution in [0.25, 0.3) is 16.6 Å². The predicted octanol–water partition coefficient (Wildman–Crippen LogP) is 4.31. The van der Waals surface area contributed by atoms with Gasteiger partial charge < -0.3 is 10.1 Å². The summed E-state index contributed by atoms with van der Waals surface area (Å²) >= 11 is 0. The molecule has 0 bridgehead atoms. The van der Waals surface area contributed by atoms with Crippen LogP contribution in [0.4, 0.5) is 17.6 Å². The lowest BCUT2D eigenvalue weighted by Gasteiger charge is -2.22. The number of hydrogen-bond acceptors (Lipinski definition) is 3. The van der Waals surface area contributed by atoms with Gasteiger partial charge in [0.15, 0.2) is 0 Å². The lowest BCUT2D eigenvalue weighted by Crippen LogP contribution is -2.34. The molecule has 2 aromatic carbocycles. The van der Waals surface area contributed by atoms with Gasteiger partial charge in [-0.1, -0.05) is 18.2 Å². The van der Waals surface area contributed by atoms with E-state index < -0.39 is 17.6 Å². The first-order valence-corrected chi connectivity index (χ1v) is 8.66. The van der Waals surface area contributed by atoms with Crippen molar-refractivity contribution in [2.45, 2.75) is 25.1 Å². The summed E-state index contributed by atoms with van der Waals surface area (Å²) in [6.07, 6.45) is -3.29. The van der Waals surface area contributed by atoms with Crippen LogP contribution in [0.2, 0.25) is 0 Å². The summed E-state index contributed by atoms with van der Waals surface area (Å²) in [6, 6.07) is 9.40. The van der Waals surface area contributed by atoms with Crippen LogP contribution in [-0.2, 0) is 6.18 Å². The van der Waals surface area contributed by atoms with Gasteiger partial charge in [-0.2, -0.15) is 13.2 Å². The minimum Gasteiger partial charge on any atom is -0.473 e. The zero-order chi connectivity index (χ0) is 19.0. The van der Waals surface area contributed by atoms with Gasteiger partial charge in [-0.15, -0.1) is 5.10 Å². The van der Waals surface area contributed by atoms with Crippen molar-refractivity contribution >= 4 is 10.9 Å². The zero-order valence-corrected chi connectivity index (χ0v) is 14.3. The number of ether oxygens (including phenoxy) is 1. The van der Waals surface area contributed by atoms with E-state index in [1.807, 2.05) is 0 Å². The van der Waals surface area contributed by atoms with Crippen molar-refractivity contribution in [1.29, 1.82) is 0 Å². The molecule has 27 heavy (non-hydrogen) atoms. The number of nitrogens with zero attached hydrogens (tertiary/aromatic N) is 2. The van der Waals surface area contributed by atoms with E-state index >= 15 is 0 Å². The fourth-order valence-corrected chi connectivity index (χ4v) is 3.32. The average molecular weight is 379 g/mol. The summed E-state index contributed by atoms with van der Waals surface area (Å²) in [4.78, 5) is 0. The Balaban J connectivity index is 1.91. The molecule has 1 N–H and O–H groups in total.